The number of rotatable bonds is 22. The number of carbonyl (C=O) groups excluding carboxylic acids is 7. The predicted molar refractivity (Wildman–Crippen MR) is 173 cm³/mol. The maximum atomic E-state index is 13.7. The molecule has 0 aromatic carbocycles. The lowest BCUT2D eigenvalue weighted by Gasteiger charge is -2.31. The van der Waals surface area contributed by atoms with Crippen LogP contribution < -0.4 is 27.0 Å². The highest BCUT2D eigenvalue weighted by Crippen LogP contribution is 2.24. The van der Waals surface area contributed by atoms with E-state index in [1.807, 2.05) is 13.8 Å². The maximum Gasteiger partial charge on any atom is 0.407 e. The molecule has 1 aliphatic heterocycles. The van der Waals surface area contributed by atoms with Crippen molar-refractivity contribution in [3.05, 3.63) is 0 Å². The number of nitrogens with two attached hydrogens (primary N) is 1. The van der Waals surface area contributed by atoms with Crippen molar-refractivity contribution in [1.82, 2.24) is 26.2 Å². The van der Waals surface area contributed by atoms with Crippen molar-refractivity contribution in [2.24, 2.45) is 17.6 Å². The zero-order valence-electron chi connectivity index (χ0n) is 29.0. The highest BCUT2D eigenvalue weighted by molar-refractivity contribution is 6.38. The Labute approximate surface area is 289 Å². The number of alkyl carbamates (subject to hydrolysis) is 1. The van der Waals surface area contributed by atoms with E-state index in [-0.39, 0.29) is 51.2 Å². The van der Waals surface area contributed by atoms with Crippen LogP contribution in [0, 0.1) is 11.8 Å². The van der Waals surface area contributed by atoms with E-state index in [1.54, 1.807) is 20.8 Å². The van der Waals surface area contributed by atoms with Crippen molar-refractivity contribution in [3.8, 4) is 0 Å². The molecule has 0 aromatic heterocycles. The van der Waals surface area contributed by atoms with Crippen LogP contribution >= 0.6 is 0 Å². The normalized spacial score (nSPS) is 17.3. The number of aliphatic carboxylic acids is 2. The van der Waals surface area contributed by atoms with Crippen LogP contribution in [0.2, 0.25) is 0 Å². The van der Waals surface area contributed by atoms with Gasteiger partial charge in [0.15, 0.2) is 0 Å². The van der Waals surface area contributed by atoms with E-state index in [2.05, 4.69) is 21.3 Å². The number of ketones is 1. The molecular formula is C31H50N6O13. The molecule has 0 aliphatic carbocycles. The smallest absolute Gasteiger partial charge is 0.407 e. The van der Waals surface area contributed by atoms with Crippen LogP contribution in [-0.2, 0) is 47.8 Å². The Morgan fingerprint density at radius 1 is 0.900 bits per heavy atom. The standard InChI is InChI=1S/C31H50N6O13/c1-6-8-19(26(43)29(46)33-12-22(38)34-20(27(32)44)9-7-10-23(39)40)35-28(45)21-11-18(49-15-24(41)42)13-37(21)30(47)25(17(4)5)36-31(48)50-14-16(2)3/h16-21,25H,6-15H2,1-5H3,(H2,32,44)(H,33,46)(H,34,38)(H,35,45)(H,36,48)(H,39,40)(H,41,42). The molecule has 0 bridgehead atoms. The van der Waals surface area contributed by atoms with Crippen molar-refractivity contribution in [1.29, 1.82) is 0 Å². The first-order chi connectivity index (χ1) is 23.4. The third-order valence-electron chi connectivity index (χ3n) is 7.45. The predicted octanol–water partition coefficient (Wildman–Crippen LogP) is -1.34. The highest BCUT2D eigenvalue weighted by Gasteiger charge is 2.44. The Morgan fingerprint density at radius 2 is 1.56 bits per heavy atom. The monoisotopic (exact) mass is 714 g/mol. The van der Waals surface area contributed by atoms with Gasteiger partial charge in [0.05, 0.1) is 25.3 Å². The second-order valence-corrected chi connectivity index (χ2v) is 12.6. The van der Waals surface area contributed by atoms with E-state index in [0.717, 1.165) is 4.90 Å². The average Bonchev–Trinajstić information content (AvgIpc) is 3.47. The molecule has 19 nitrogen and oxygen atoms in total. The number of nitrogens with zero attached hydrogens (tertiary/aromatic N) is 1. The first-order valence-corrected chi connectivity index (χ1v) is 16.4. The quantitative estimate of drug-likeness (QED) is 0.0640. The zero-order chi connectivity index (χ0) is 38.1. The van der Waals surface area contributed by atoms with Gasteiger partial charge in [-0.2, -0.15) is 0 Å². The number of carboxylic acid groups (broad SMARTS) is 2. The molecule has 19 heteroatoms. The summed E-state index contributed by atoms with van der Waals surface area (Å²) in [6.45, 7) is 7.11. The number of primary amides is 1. The van der Waals surface area contributed by atoms with E-state index < -0.39 is 103 Å². The van der Waals surface area contributed by atoms with Crippen LogP contribution in [-0.4, -0.2) is 125 Å². The number of hydrogen-bond donors (Lipinski definition) is 7. The lowest BCUT2D eigenvalue weighted by Crippen LogP contribution is -2.57. The number of nitrogens with one attached hydrogen (secondary N) is 4. The van der Waals surface area contributed by atoms with Gasteiger partial charge in [-0.1, -0.05) is 41.0 Å². The van der Waals surface area contributed by atoms with Gasteiger partial charge in [0.2, 0.25) is 29.4 Å². The summed E-state index contributed by atoms with van der Waals surface area (Å²) >= 11 is 0. The summed E-state index contributed by atoms with van der Waals surface area (Å²) in [6, 6.07) is -5.01. The molecule has 0 aromatic rings. The molecule has 5 unspecified atom stereocenters. The number of carbonyl (C=O) groups is 9. The van der Waals surface area contributed by atoms with Crippen molar-refractivity contribution >= 4 is 53.4 Å². The van der Waals surface area contributed by atoms with Crippen LogP contribution in [0.1, 0.15) is 73.1 Å². The lowest BCUT2D eigenvalue weighted by atomic mass is 10.0. The molecular weight excluding hydrogens is 664 g/mol. The molecule has 0 radical (unpaired) electrons. The first kappa shape index (κ1) is 43.2. The third-order valence-corrected chi connectivity index (χ3v) is 7.45. The summed E-state index contributed by atoms with van der Waals surface area (Å²) in [6.07, 6.45) is -1.85. The molecule has 0 spiro atoms. The second kappa shape index (κ2) is 21.3. The zero-order valence-corrected chi connectivity index (χ0v) is 29.0. The number of hydrogen-bond acceptors (Lipinski definition) is 11. The molecule has 1 saturated heterocycles. The molecule has 8 N–H and O–H groups in total. The number of ether oxygens (including phenoxy) is 2. The average molecular weight is 715 g/mol. The molecule has 6 amide bonds. The third kappa shape index (κ3) is 15.2. The summed E-state index contributed by atoms with van der Waals surface area (Å²) in [7, 11) is 0. The SMILES string of the molecule is CCCC(NC(=O)C1CC(OCC(=O)O)CN1C(=O)C(NC(=O)OCC(C)C)C(C)C)C(=O)C(=O)NCC(=O)NC(CCCC(=O)O)C(N)=O. The van der Waals surface area contributed by atoms with E-state index in [9.17, 15) is 43.2 Å². The van der Waals surface area contributed by atoms with E-state index >= 15 is 0 Å². The van der Waals surface area contributed by atoms with Crippen LogP contribution in [0.15, 0.2) is 0 Å². The van der Waals surface area contributed by atoms with Crippen molar-refractivity contribution in [3.63, 3.8) is 0 Å². The van der Waals surface area contributed by atoms with Crippen LogP contribution in [0.25, 0.3) is 0 Å². The number of Topliss-reactive ketones (excluding diaryl/α,β-unsaturated/α-hetero) is 1. The van der Waals surface area contributed by atoms with Crippen molar-refractivity contribution in [2.45, 2.75) is 103 Å². The molecule has 1 heterocycles. The fourth-order valence-electron chi connectivity index (χ4n) is 4.92. The number of likely N-dealkylation sites (tertiary alicyclic amines) is 1. The molecule has 1 aliphatic rings. The lowest BCUT2D eigenvalue weighted by molar-refractivity contribution is -0.144. The summed E-state index contributed by atoms with van der Waals surface area (Å²) < 4.78 is 10.5. The van der Waals surface area contributed by atoms with Gasteiger partial charge in [0.1, 0.15) is 24.7 Å². The Morgan fingerprint density at radius 3 is 2.10 bits per heavy atom. The Bertz CT molecular complexity index is 1260. The van der Waals surface area contributed by atoms with E-state index in [4.69, 9.17) is 25.4 Å². The summed E-state index contributed by atoms with van der Waals surface area (Å²) in [4.78, 5) is 113. The Kier molecular flexibility index (Phi) is 18.4. The van der Waals surface area contributed by atoms with Gasteiger partial charge in [-0.05, 0) is 31.1 Å². The minimum absolute atomic E-state index is 0.00497. The topological polar surface area (TPSA) is 290 Å². The first-order valence-electron chi connectivity index (χ1n) is 16.4. The molecule has 282 valence electrons. The number of carboxylic acids is 2. The van der Waals surface area contributed by atoms with Gasteiger partial charge in [-0.25, -0.2) is 9.59 Å². The largest absolute Gasteiger partial charge is 0.481 e. The fourth-order valence-corrected chi connectivity index (χ4v) is 4.92. The molecule has 1 fully saturated rings. The van der Waals surface area contributed by atoms with Gasteiger partial charge in [-0.15, -0.1) is 0 Å². The molecule has 1 rings (SSSR count). The van der Waals surface area contributed by atoms with Gasteiger partial charge >= 0.3 is 18.0 Å². The number of amides is 6. The maximum absolute atomic E-state index is 13.7. The van der Waals surface area contributed by atoms with Gasteiger partial charge < -0.3 is 51.6 Å². The molecule has 50 heavy (non-hydrogen) atoms. The van der Waals surface area contributed by atoms with Crippen molar-refractivity contribution in [2.75, 3.05) is 26.3 Å². The van der Waals surface area contributed by atoms with Gasteiger partial charge in [0.25, 0.3) is 5.91 Å². The van der Waals surface area contributed by atoms with E-state index in [1.165, 1.54) is 0 Å². The summed E-state index contributed by atoms with van der Waals surface area (Å²) in [5.74, 6) is -8.47. The Hall–Kier alpha value is -4.81. The van der Waals surface area contributed by atoms with E-state index in [0.29, 0.717) is 6.42 Å². The van der Waals surface area contributed by atoms with Gasteiger partial charge in [-0.3, -0.25) is 33.6 Å². The van der Waals surface area contributed by atoms with Gasteiger partial charge in [0, 0.05) is 19.4 Å². The fraction of sp³-hybridized carbons (Fsp3) is 0.710. The highest BCUT2D eigenvalue weighted by atomic mass is 16.5. The minimum atomic E-state index is -1.38. The van der Waals surface area contributed by atoms with Crippen molar-refractivity contribution < 1.29 is 62.8 Å². The molecule has 5 atom stereocenters. The molecule has 0 saturated carbocycles. The Balaban J connectivity index is 3.06. The van der Waals surface area contributed by atoms with Crippen LogP contribution in [0.3, 0.4) is 0 Å². The van der Waals surface area contributed by atoms with Crippen LogP contribution in [0.4, 0.5) is 4.79 Å². The van der Waals surface area contributed by atoms with Crippen LogP contribution in [0.5, 0.6) is 0 Å². The summed E-state index contributed by atoms with van der Waals surface area (Å²) in [5, 5.41) is 27.2. The summed E-state index contributed by atoms with van der Waals surface area (Å²) in [5.41, 5.74) is 5.25. The second-order valence-electron chi connectivity index (χ2n) is 12.6. The minimum Gasteiger partial charge on any atom is -0.481 e.